The topological polar surface area (TPSA) is 87.9 Å². The molecule has 1 atom stereocenters. The molecule has 1 unspecified atom stereocenters. The predicted octanol–water partition coefficient (Wildman–Crippen LogP) is 1.10. The van der Waals surface area contributed by atoms with Crippen molar-refractivity contribution in [3.05, 3.63) is 60.2 Å². The molecule has 0 saturated heterocycles. The summed E-state index contributed by atoms with van der Waals surface area (Å²) in [5.41, 5.74) is 7.98. The van der Waals surface area contributed by atoms with E-state index in [9.17, 15) is 0 Å². The second-order valence-electron chi connectivity index (χ2n) is 6.28. The van der Waals surface area contributed by atoms with Gasteiger partial charge in [-0.2, -0.15) is 0 Å². The Balaban J connectivity index is 1.50. The molecule has 0 aliphatic heterocycles. The normalized spacial score (nSPS) is 12.2. The smallest absolute Gasteiger partial charge is 0.0583 e. The molecule has 0 bridgehead atoms. The van der Waals surface area contributed by atoms with Gasteiger partial charge in [-0.15, -0.1) is 0 Å². The molecule has 26 heavy (non-hydrogen) atoms. The Hall–Kier alpha value is -1.86. The van der Waals surface area contributed by atoms with E-state index in [0.717, 1.165) is 63.3 Å². The van der Waals surface area contributed by atoms with E-state index in [1.807, 2.05) is 36.7 Å². The highest BCUT2D eigenvalue weighted by molar-refractivity contribution is 5.04. The summed E-state index contributed by atoms with van der Waals surface area (Å²) >= 11 is 0. The molecule has 6 heteroatoms. The number of aromatic nitrogens is 2. The maximum Gasteiger partial charge on any atom is 0.0583 e. The molecule has 5 N–H and O–H groups in total. The fraction of sp³-hybridized carbons (Fsp3) is 0.500. The zero-order valence-corrected chi connectivity index (χ0v) is 15.5. The van der Waals surface area contributed by atoms with Gasteiger partial charge in [-0.05, 0) is 56.7 Å². The van der Waals surface area contributed by atoms with Gasteiger partial charge >= 0.3 is 0 Å². The van der Waals surface area contributed by atoms with Crippen LogP contribution in [0.4, 0.5) is 0 Å². The summed E-state index contributed by atoms with van der Waals surface area (Å²) in [4.78, 5) is 8.68. The van der Waals surface area contributed by atoms with Crippen LogP contribution in [0.15, 0.2) is 48.8 Å². The first-order chi connectivity index (χ1) is 12.9. The minimum Gasteiger partial charge on any atom is -0.330 e. The van der Waals surface area contributed by atoms with Crippen molar-refractivity contribution in [1.82, 2.24) is 25.9 Å². The first-order valence-electron chi connectivity index (χ1n) is 9.56. The van der Waals surface area contributed by atoms with Crippen molar-refractivity contribution >= 4 is 0 Å². The van der Waals surface area contributed by atoms with Gasteiger partial charge in [0.1, 0.15) is 0 Å². The fourth-order valence-corrected chi connectivity index (χ4v) is 2.74. The Morgan fingerprint density at radius 1 is 0.808 bits per heavy atom. The second-order valence-corrected chi connectivity index (χ2v) is 6.28. The molecule has 142 valence electrons. The van der Waals surface area contributed by atoms with Crippen molar-refractivity contribution in [1.29, 1.82) is 0 Å². The van der Waals surface area contributed by atoms with Gasteiger partial charge in [-0.3, -0.25) is 9.97 Å². The van der Waals surface area contributed by atoms with Crippen LogP contribution in [0.25, 0.3) is 0 Å². The molecule has 2 aromatic rings. The first kappa shape index (κ1) is 20.5. The Labute approximate surface area is 157 Å². The van der Waals surface area contributed by atoms with Gasteiger partial charge in [-0.25, -0.2) is 0 Å². The van der Waals surface area contributed by atoms with Crippen LogP contribution in [0.2, 0.25) is 0 Å². The molecule has 0 fully saturated rings. The summed E-state index contributed by atoms with van der Waals surface area (Å²) in [6.07, 6.45) is 7.86. The van der Waals surface area contributed by atoms with Crippen LogP contribution in [0.1, 0.15) is 24.2 Å². The van der Waals surface area contributed by atoms with E-state index >= 15 is 0 Å². The van der Waals surface area contributed by atoms with Gasteiger partial charge in [0.25, 0.3) is 0 Å². The molecular formula is C20H32N6. The van der Waals surface area contributed by atoms with E-state index in [1.54, 1.807) is 0 Å². The van der Waals surface area contributed by atoms with Crippen LogP contribution in [0.3, 0.4) is 0 Å². The quantitative estimate of drug-likeness (QED) is 0.299. The van der Waals surface area contributed by atoms with Crippen molar-refractivity contribution in [3.63, 3.8) is 0 Å². The zero-order chi connectivity index (χ0) is 18.3. The molecule has 0 spiro atoms. The molecule has 0 amide bonds. The van der Waals surface area contributed by atoms with Gasteiger partial charge < -0.3 is 21.7 Å². The number of hydrogen-bond acceptors (Lipinski definition) is 6. The molecule has 2 aromatic heterocycles. The van der Waals surface area contributed by atoms with Crippen molar-refractivity contribution in [2.45, 2.75) is 31.8 Å². The molecular weight excluding hydrogens is 324 g/mol. The number of hydrogen-bond donors (Lipinski definition) is 4. The third kappa shape index (κ3) is 9.01. The van der Waals surface area contributed by atoms with Crippen LogP contribution in [-0.4, -0.2) is 48.9 Å². The summed E-state index contributed by atoms with van der Waals surface area (Å²) in [6, 6.07) is 12.1. The molecule has 0 saturated carbocycles. The Morgan fingerprint density at radius 2 is 1.46 bits per heavy atom. The molecule has 6 nitrogen and oxygen atoms in total. The average molecular weight is 357 g/mol. The highest BCUT2D eigenvalue weighted by Crippen LogP contribution is 1.95. The minimum atomic E-state index is 0.261. The lowest BCUT2D eigenvalue weighted by Gasteiger charge is -2.19. The summed E-state index contributed by atoms with van der Waals surface area (Å²) in [5.74, 6) is 0. The van der Waals surface area contributed by atoms with E-state index < -0.39 is 0 Å². The molecule has 2 rings (SSSR count). The molecule has 2 heterocycles. The van der Waals surface area contributed by atoms with E-state index in [4.69, 9.17) is 5.73 Å². The number of nitrogens with two attached hydrogens (primary N) is 1. The van der Waals surface area contributed by atoms with Crippen molar-refractivity contribution in [2.24, 2.45) is 5.73 Å². The van der Waals surface area contributed by atoms with E-state index in [1.165, 1.54) is 0 Å². The Kier molecular flexibility index (Phi) is 10.5. The molecule has 0 radical (unpaired) electrons. The first-order valence-corrected chi connectivity index (χ1v) is 9.56. The Bertz CT molecular complexity index is 563. The summed E-state index contributed by atoms with van der Waals surface area (Å²) in [7, 11) is 0. The predicted molar refractivity (Wildman–Crippen MR) is 107 cm³/mol. The second kappa shape index (κ2) is 13.4. The number of pyridine rings is 2. The maximum absolute atomic E-state index is 5.73. The Morgan fingerprint density at radius 3 is 2.08 bits per heavy atom. The number of nitrogens with one attached hydrogen (secondary N) is 3. The summed E-state index contributed by atoms with van der Waals surface area (Å²) in [5, 5.41) is 10.6. The van der Waals surface area contributed by atoms with Crippen molar-refractivity contribution < 1.29 is 0 Å². The third-order valence-corrected chi connectivity index (χ3v) is 4.16. The van der Waals surface area contributed by atoms with Crippen molar-refractivity contribution in [2.75, 3.05) is 32.7 Å². The zero-order valence-electron chi connectivity index (χ0n) is 15.5. The van der Waals surface area contributed by atoms with Crippen LogP contribution in [0, 0.1) is 0 Å². The molecule has 0 aliphatic rings. The standard InChI is InChI=1S/C20H32N6/c21-11-8-20(26-17-10-19-7-2-4-14-24-19)25-15-5-12-22-16-9-18-6-1-3-13-23-18/h1-4,6-7,13-14,20,22,25-26H,5,8-12,15-17,21H2. The lowest BCUT2D eigenvalue weighted by molar-refractivity contribution is 0.402. The highest BCUT2D eigenvalue weighted by Gasteiger charge is 2.05. The van der Waals surface area contributed by atoms with E-state index in [0.29, 0.717) is 6.54 Å². The van der Waals surface area contributed by atoms with Crippen LogP contribution >= 0.6 is 0 Å². The summed E-state index contributed by atoms with van der Waals surface area (Å²) < 4.78 is 0. The maximum atomic E-state index is 5.73. The highest BCUT2D eigenvalue weighted by atomic mass is 15.1. The van der Waals surface area contributed by atoms with E-state index in [2.05, 4.69) is 38.1 Å². The van der Waals surface area contributed by atoms with Crippen LogP contribution < -0.4 is 21.7 Å². The van der Waals surface area contributed by atoms with Crippen LogP contribution in [0.5, 0.6) is 0 Å². The van der Waals surface area contributed by atoms with Gasteiger partial charge in [0.2, 0.25) is 0 Å². The monoisotopic (exact) mass is 356 g/mol. The van der Waals surface area contributed by atoms with Crippen molar-refractivity contribution in [3.8, 4) is 0 Å². The third-order valence-electron chi connectivity index (χ3n) is 4.16. The molecule has 0 aliphatic carbocycles. The average Bonchev–Trinajstić information content (AvgIpc) is 2.69. The fourth-order valence-electron chi connectivity index (χ4n) is 2.74. The minimum absolute atomic E-state index is 0.261. The SMILES string of the molecule is NCCC(NCCCNCCc1ccccn1)NCCc1ccccn1. The number of rotatable bonds is 14. The lowest BCUT2D eigenvalue weighted by atomic mass is 10.2. The van der Waals surface area contributed by atoms with Gasteiger partial charge in [-0.1, -0.05) is 12.1 Å². The number of nitrogens with zero attached hydrogens (tertiary/aromatic N) is 2. The van der Waals surface area contributed by atoms with Gasteiger partial charge in [0, 0.05) is 49.7 Å². The largest absolute Gasteiger partial charge is 0.330 e. The van der Waals surface area contributed by atoms with E-state index in [-0.39, 0.29) is 6.17 Å². The molecule has 0 aromatic carbocycles. The lowest BCUT2D eigenvalue weighted by Crippen LogP contribution is -2.45. The summed E-state index contributed by atoms with van der Waals surface area (Å²) in [6.45, 7) is 4.51. The van der Waals surface area contributed by atoms with Crippen LogP contribution in [-0.2, 0) is 12.8 Å². The van der Waals surface area contributed by atoms with Gasteiger partial charge in [0.05, 0.1) is 6.17 Å². The van der Waals surface area contributed by atoms with Gasteiger partial charge in [0.15, 0.2) is 0 Å².